The zero-order chi connectivity index (χ0) is 18.7. The van der Waals surface area contributed by atoms with Crippen LogP contribution in [-0.2, 0) is 9.53 Å². The van der Waals surface area contributed by atoms with Gasteiger partial charge in [0.2, 0.25) is 5.91 Å². The van der Waals surface area contributed by atoms with E-state index in [-0.39, 0.29) is 23.2 Å². The number of para-hydroxylation sites is 1. The molecule has 8 heteroatoms. The molecule has 1 atom stereocenters. The number of fused-ring (bicyclic) bond motifs is 1. The molecule has 0 saturated carbocycles. The van der Waals surface area contributed by atoms with Crippen LogP contribution in [0.25, 0.3) is 10.9 Å². The largest absolute Gasteiger partial charge is 0.378 e. The Hall–Kier alpha value is -2.74. The van der Waals surface area contributed by atoms with Gasteiger partial charge in [0.05, 0.1) is 24.1 Å². The molecule has 26 heavy (non-hydrogen) atoms. The molecule has 1 aromatic carbocycles. The molecule has 2 N–H and O–H groups in total. The van der Waals surface area contributed by atoms with Crippen molar-refractivity contribution < 1.29 is 14.3 Å². The molecule has 0 radical (unpaired) electrons. The SMILES string of the molecule is CC(C)[C@@H](NC(=O)c1nc2ccccc2c(=O)[nH]1)C(=O)N1CCOCC1. The number of aromatic amines is 1. The second kappa shape index (κ2) is 7.65. The average molecular weight is 358 g/mol. The summed E-state index contributed by atoms with van der Waals surface area (Å²) in [6.07, 6.45) is 0. The molecule has 2 heterocycles. The molecular weight excluding hydrogens is 336 g/mol. The van der Waals surface area contributed by atoms with Gasteiger partial charge in [0.1, 0.15) is 6.04 Å². The summed E-state index contributed by atoms with van der Waals surface area (Å²) in [6.45, 7) is 5.71. The molecule has 1 fully saturated rings. The summed E-state index contributed by atoms with van der Waals surface area (Å²) >= 11 is 0. The highest BCUT2D eigenvalue weighted by Gasteiger charge is 2.30. The molecule has 2 aromatic rings. The van der Waals surface area contributed by atoms with E-state index < -0.39 is 11.9 Å². The highest BCUT2D eigenvalue weighted by Crippen LogP contribution is 2.10. The minimum absolute atomic E-state index is 0.103. The summed E-state index contributed by atoms with van der Waals surface area (Å²) in [5.74, 6) is -0.941. The van der Waals surface area contributed by atoms with Crippen molar-refractivity contribution in [2.24, 2.45) is 5.92 Å². The topological polar surface area (TPSA) is 104 Å². The lowest BCUT2D eigenvalue weighted by molar-refractivity contribution is -0.138. The fourth-order valence-electron chi connectivity index (χ4n) is 2.90. The maximum absolute atomic E-state index is 12.7. The van der Waals surface area contributed by atoms with Crippen LogP contribution in [0.3, 0.4) is 0 Å². The van der Waals surface area contributed by atoms with Crippen LogP contribution in [0, 0.1) is 5.92 Å². The van der Waals surface area contributed by atoms with Crippen LogP contribution in [0.4, 0.5) is 0 Å². The van der Waals surface area contributed by atoms with Crippen molar-refractivity contribution in [1.82, 2.24) is 20.2 Å². The summed E-state index contributed by atoms with van der Waals surface area (Å²) in [5, 5.41) is 3.13. The van der Waals surface area contributed by atoms with Gasteiger partial charge in [-0.15, -0.1) is 0 Å². The first-order valence-electron chi connectivity index (χ1n) is 8.64. The summed E-state index contributed by atoms with van der Waals surface area (Å²) in [4.78, 5) is 45.9. The zero-order valence-electron chi connectivity index (χ0n) is 14.8. The highest BCUT2D eigenvalue weighted by molar-refractivity contribution is 5.96. The summed E-state index contributed by atoms with van der Waals surface area (Å²) in [5.41, 5.74) is 0.0448. The van der Waals surface area contributed by atoms with Crippen LogP contribution < -0.4 is 10.9 Å². The number of morpholine rings is 1. The number of benzene rings is 1. The molecule has 2 amide bonds. The van der Waals surface area contributed by atoms with Crippen molar-refractivity contribution >= 4 is 22.7 Å². The molecule has 138 valence electrons. The van der Waals surface area contributed by atoms with E-state index in [2.05, 4.69) is 15.3 Å². The van der Waals surface area contributed by atoms with Crippen LogP contribution in [0.1, 0.15) is 24.5 Å². The molecule has 1 saturated heterocycles. The van der Waals surface area contributed by atoms with E-state index in [4.69, 9.17) is 4.74 Å². The first-order chi connectivity index (χ1) is 12.5. The number of nitrogens with one attached hydrogen (secondary N) is 2. The van der Waals surface area contributed by atoms with Gasteiger partial charge in [-0.3, -0.25) is 14.4 Å². The van der Waals surface area contributed by atoms with Crippen molar-refractivity contribution in [3.05, 3.63) is 40.4 Å². The van der Waals surface area contributed by atoms with Crippen LogP contribution >= 0.6 is 0 Å². The smallest absolute Gasteiger partial charge is 0.287 e. The highest BCUT2D eigenvalue weighted by atomic mass is 16.5. The summed E-state index contributed by atoms with van der Waals surface area (Å²) < 4.78 is 5.26. The van der Waals surface area contributed by atoms with Gasteiger partial charge < -0.3 is 19.9 Å². The van der Waals surface area contributed by atoms with E-state index >= 15 is 0 Å². The maximum Gasteiger partial charge on any atom is 0.287 e. The lowest BCUT2D eigenvalue weighted by Crippen LogP contribution is -2.54. The van der Waals surface area contributed by atoms with E-state index in [9.17, 15) is 14.4 Å². The Morgan fingerprint density at radius 1 is 1.23 bits per heavy atom. The number of aromatic nitrogens is 2. The lowest BCUT2D eigenvalue weighted by Gasteiger charge is -2.32. The number of ether oxygens (including phenoxy) is 1. The molecule has 1 aliphatic heterocycles. The first-order valence-corrected chi connectivity index (χ1v) is 8.64. The van der Waals surface area contributed by atoms with Gasteiger partial charge in [-0.25, -0.2) is 4.98 Å². The van der Waals surface area contributed by atoms with Gasteiger partial charge in [0, 0.05) is 13.1 Å². The molecule has 0 aliphatic carbocycles. The van der Waals surface area contributed by atoms with E-state index in [1.54, 1.807) is 29.2 Å². The van der Waals surface area contributed by atoms with Crippen LogP contribution in [0.2, 0.25) is 0 Å². The molecular formula is C18H22N4O4. The number of carbonyl (C=O) groups is 2. The molecule has 3 rings (SSSR count). The van der Waals surface area contributed by atoms with Crippen LogP contribution in [0.5, 0.6) is 0 Å². The second-order valence-corrected chi connectivity index (χ2v) is 6.56. The lowest BCUT2D eigenvalue weighted by atomic mass is 10.0. The van der Waals surface area contributed by atoms with E-state index in [0.29, 0.717) is 37.2 Å². The number of amides is 2. The van der Waals surface area contributed by atoms with Crippen LogP contribution in [0.15, 0.2) is 29.1 Å². The van der Waals surface area contributed by atoms with Gasteiger partial charge in [0.15, 0.2) is 5.82 Å². The van der Waals surface area contributed by atoms with Crippen molar-refractivity contribution in [1.29, 1.82) is 0 Å². The van der Waals surface area contributed by atoms with Crippen molar-refractivity contribution in [3.8, 4) is 0 Å². The monoisotopic (exact) mass is 358 g/mol. The third-order valence-corrected chi connectivity index (χ3v) is 4.37. The number of hydrogen-bond donors (Lipinski definition) is 2. The predicted octanol–water partition coefficient (Wildman–Crippen LogP) is 0.536. The Kier molecular flexibility index (Phi) is 5.32. The predicted molar refractivity (Wildman–Crippen MR) is 95.9 cm³/mol. The third-order valence-electron chi connectivity index (χ3n) is 4.37. The first kappa shape index (κ1) is 18.1. The number of hydrogen-bond acceptors (Lipinski definition) is 5. The minimum atomic E-state index is -0.697. The Morgan fingerprint density at radius 2 is 1.92 bits per heavy atom. The Morgan fingerprint density at radius 3 is 2.62 bits per heavy atom. The van der Waals surface area contributed by atoms with Gasteiger partial charge in [0.25, 0.3) is 11.5 Å². The number of rotatable bonds is 4. The van der Waals surface area contributed by atoms with Gasteiger partial charge >= 0.3 is 0 Å². The molecule has 0 unspecified atom stereocenters. The van der Waals surface area contributed by atoms with Crippen molar-refractivity contribution in [2.45, 2.75) is 19.9 Å². The van der Waals surface area contributed by atoms with Crippen molar-refractivity contribution in [3.63, 3.8) is 0 Å². The normalized spacial score (nSPS) is 15.9. The maximum atomic E-state index is 12.7. The average Bonchev–Trinajstić information content (AvgIpc) is 2.65. The number of nitrogens with zero attached hydrogens (tertiary/aromatic N) is 2. The molecule has 8 nitrogen and oxygen atoms in total. The fraction of sp³-hybridized carbons (Fsp3) is 0.444. The summed E-state index contributed by atoms with van der Waals surface area (Å²) in [6, 6.07) is 6.09. The van der Waals surface area contributed by atoms with Gasteiger partial charge in [-0.05, 0) is 18.1 Å². The summed E-state index contributed by atoms with van der Waals surface area (Å²) in [7, 11) is 0. The van der Waals surface area contributed by atoms with Crippen molar-refractivity contribution in [2.75, 3.05) is 26.3 Å². The number of carbonyl (C=O) groups excluding carboxylic acids is 2. The Balaban J connectivity index is 1.82. The van der Waals surface area contributed by atoms with E-state index in [1.165, 1.54) is 0 Å². The minimum Gasteiger partial charge on any atom is -0.378 e. The molecule has 1 aromatic heterocycles. The van der Waals surface area contributed by atoms with Crippen LogP contribution in [-0.4, -0.2) is 59.0 Å². The third kappa shape index (κ3) is 3.75. The Bertz CT molecular complexity index is 871. The van der Waals surface area contributed by atoms with E-state index in [0.717, 1.165) is 0 Å². The molecule has 0 spiro atoms. The fourth-order valence-corrected chi connectivity index (χ4v) is 2.90. The van der Waals surface area contributed by atoms with E-state index in [1.807, 2.05) is 13.8 Å². The second-order valence-electron chi connectivity index (χ2n) is 6.56. The standard InChI is InChI=1S/C18H22N4O4/c1-11(2)14(18(25)22-7-9-26-10-8-22)20-17(24)15-19-13-6-4-3-5-12(13)16(23)21-15/h3-6,11,14H,7-10H2,1-2H3,(H,20,24)(H,19,21,23)/t14-/m1/s1. The van der Waals surface area contributed by atoms with Gasteiger partial charge in [-0.2, -0.15) is 0 Å². The van der Waals surface area contributed by atoms with Gasteiger partial charge in [-0.1, -0.05) is 26.0 Å². The molecule has 1 aliphatic rings. The zero-order valence-corrected chi connectivity index (χ0v) is 14.8. The number of H-pyrrole nitrogens is 1. The Labute approximate surface area is 150 Å². The molecule has 0 bridgehead atoms. The quantitative estimate of drug-likeness (QED) is 0.830.